The van der Waals surface area contributed by atoms with Gasteiger partial charge in [0.25, 0.3) is 5.91 Å². The van der Waals surface area contributed by atoms with Crippen molar-refractivity contribution in [3.63, 3.8) is 0 Å². The number of hydrogen-bond donors (Lipinski definition) is 1. The molecule has 0 unspecified atom stereocenters. The number of anilines is 1. The van der Waals surface area contributed by atoms with Crippen LogP contribution in [0.2, 0.25) is 0 Å². The van der Waals surface area contributed by atoms with Crippen LogP contribution in [0.1, 0.15) is 15.2 Å². The van der Waals surface area contributed by atoms with E-state index in [0.29, 0.717) is 4.88 Å². The van der Waals surface area contributed by atoms with Crippen molar-refractivity contribution in [1.82, 2.24) is 0 Å². The lowest BCUT2D eigenvalue weighted by Gasteiger charge is -2.04. The van der Waals surface area contributed by atoms with Gasteiger partial charge in [-0.15, -0.1) is 11.3 Å². The van der Waals surface area contributed by atoms with E-state index in [-0.39, 0.29) is 17.2 Å². The molecule has 0 aliphatic rings. The molecule has 0 fully saturated rings. The summed E-state index contributed by atoms with van der Waals surface area (Å²) in [6, 6.07) is 9.14. The largest absolute Gasteiger partial charge is 0.319 e. The van der Waals surface area contributed by atoms with Gasteiger partial charge in [-0.1, -0.05) is 6.07 Å². The molecule has 3 nitrogen and oxygen atoms in total. The van der Waals surface area contributed by atoms with Crippen LogP contribution in [0, 0.1) is 17.1 Å². The molecule has 1 amide bonds. The second-order valence-electron chi connectivity index (χ2n) is 3.24. The fourth-order valence-corrected chi connectivity index (χ4v) is 1.90. The van der Waals surface area contributed by atoms with E-state index in [2.05, 4.69) is 5.32 Å². The molecule has 0 aliphatic heterocycles. The Kier molecular flexibility index (Phi) is 3.17. The average molecular weight is 246 g/mol. The second kappa shape index (κ2) is 4.76. The van der Waals surface area contributed by atoms with Crippen LogP contribution >= 0.6 is 11.3 Å². The highest BCUT2D eigenvalue weighted by molar-refractivity contribution is 7.12. The van der Waals surface area contributed by atoms with Crippen molar-refractivity contribution >= 4 is 22.9 Å². The summed E-state index contributed by atoms with van der Waals surface area (Å²) in [4.78, 5) is 12.2. The Hall–Kier alpha value is -2.19. The van der Waals surface area contributed by atoms with Gasteiger partial charge in [0.2, 0.25) is 0 Å². The molecule has 0 radical (unpaired) electrons. The molecule has 2 aromatic rings. The molecule has 1 N–H and O–H groups in total. The highest BCUT2D eigenvalue weighted by Crippen LogP contribution is 2.17. The summed E-state index contributed by atoms with van der Waals surface area (Å²) >= 11 is 1.28. The summed E-state index contributed by atoms with van der Waals surface area (Å²) < 4.78 is 13.5. The first kappa shape index (κ1) is 11.3. The number of nitriles is 1. The van der Waals surface area contributed by atoms with Gasteiger partial charge in [-0.2, -0.15) is 5.26 Å². The van der Waals surface area contributed by atoms with E-state index in [4.69, 9.17) is 5.26 Å². The summed E-state index contributed by atoms with van der Waals surface area (Å²) in [5.74, 6) is -0.974. The predicted molar refractivity (Wildman–Crippen MR) is 63.4 cm³/mol. The molecule has 0 spiro atoms. The SMILES string of the molecule is N#Cc1ccc(NC(=O)c2cccs2)c(F)c1. The predicted octanol–water partition coefficient (Wildman–Crippen LogP) is 3.01. The molecule has 2 rings (SSSR count). The quantitative estimate of drug-likeness (QED) is 0.885. The molecule has 0 aliphatic carbocycles. The second-order valence-corrected chi connectivity index (χ2v) is 4.19. The Labute approximate surface area is 101 Å². The topological polar surface area (TPSA) is 52.9 Å². The number of nitrogens with zero attached hydrogens (tertiary/aromatic N) is 1. The zero-order chi connectivity index (χ0) is 12.3. The molecule has 1 heterocycles. The fraction of sp³-hybridized carbons (Fsp3) is 0. The van der Waals surface area contributed by atoms with E-state index >= 15 is 0 Å². The molecule has 84 valence electrons. The van der Waals surface area contributed by atoms with Gasteiger partial charge in [0.15, 0.2) is 0 Å². The minimum atomic E-state index is -0.617. The molecule has 0 saturated heterocycles. The van der Waals surface area contributed by atoms with Gasteiger partial charge in [-0.25, -0.2) is 4.39 Å². The van der Waals surface area contributed by atoms with E-state index in [1.807, 2.05) is 6.07 Å². The minimum Gasteiger partial charge on any atom is -0.319 e. The zero-order valence-corrected chi connectivity index (χ0v) is 9.42. The number of rotatable bonds is 2. The minimum absolute atomic E-state index is 0.0717. The Morgan fingerprint density at radius 2 is 2.24 bits per heavy atom. The van der Waals surface area contributed by atoms with E-state index < -0.39 is 5.82 Å². The number of amides is 1. The van der Waals surface area contributed by atoms with Crippen LogP contribution in [0.3, 0.4) is 0 Å². The normalized spacial score (nSPS) is 9.65. The van der Waals surface area contributed by atoms with E-state index in [1.54, 1.807) is 17.5 Å². The van der Waals surface area contributed by atoms with Crippen molar-refractivity contribution in [2.24, 2.45) is 0 Å². The van der Waals surface area contributed by atoms with Gasteiger partial charge in [0.1, 0.15) is 5.82 Å². The highest BCUT2D eigenvalue weighted by Gasteiger charge is 2.10. The average Bonchev–Trinajstić information content (AvgIpc) is 2.85. The summed E-state index contributed by atoms with van der Waals surface area (Å²) in [5.41, 5.74) is 0.291. The van der Waals surface area contributed by atoms with Gasteiger partial charge in [0.05, 0.1) is 22.2 Å². The van der Waals surface area contributed by atoms with Crippen LogP contribution in [0.4, 0.5) is 10.1 Å². The summed E-state index contributed by atoms with van der Waals surface area (Å²) in [5, 5.41) is 12.8. The van der Waals surface area contributed by atoms with Gasteiger partial charge >= 0.3 is 0 Å². The van der Waals surface area contributed by atoms with Crippen molar-refractivity contribution in [2.75, 3.05) is 5.32 Å². The lowest BCUT2D eigenvalue weighted by atomic mass is 10.2. The number of hydrogen-bond acceptors (Lipinski definition) is 3. The lowest BCUT2D eigenvalue weighted by molar-refractivity contribution is 0.103. The van der Waals surface area contributed by atoms with Crippen molar-refractivity contribution in [3.05, 3.63) is 52.0 Å². The maximum atomic E-state index is 13.5. The molecule has 17 heavy (non-hydrogen) atoms. The first-order valence-corrected chi connectivity index (χ1v) is 5.63. The number of thiophene rings is 1. The van der Waals surface area contributed by atoms with Crippen LogP contribution < -0.4 is 5.32 Å². The van der Waals surface area contributed by atoms with Crippen molar-refractivity contribution < 1.29 is 9.18 Å². The van der Waals surface area contributed by atoms with Crippen molar-refractivity contribution in [3.8, 4) is 6.07 Å². The molecule has 0 saturated carbocycles. The lowest BCUT2D eigenvalue weighted by Crippen LogP contribution is -2.11. The van der Waals surface area contributed by atoms with Crippen LogP contribution in [-0.4, -0.2) is 5.91 Å². The molecule has 5 heteroatoms. The number of nitrogens with one attached hydrogen (secondary N) is 1. The van der Waals surface area contributed by atoms with Crippen LogP contribution in [0.25, 0.3) is 0 Å². The smallest absolute Gasteiger partial charge is 0.265 e. The van der Waals surface area contributed by atoms with Crippen LogP contribution in [0.15, 0.2) is 35.7 Å². The fourth-order valence-electron chi connectivity index (χ4n) is 1.28. The van der Waals surface area contributed by atoms with Crippen molar-refractivity contribution in [2.45, 2.75) is 0 Å². The van der Waals surface area contributed by atoms with Gasteiger partial charge < -0.3 is 5.32 Å². The van der Waals surface area contributed by atoms with Crippen LogP contribution in [-0.2, 0) is 0 Å². The Bertz CT molecular complexity index is 587. The van der Waals surface area contributed by atoms with E-state index in [0.717, 1.165) is 6.07 Å². The standard InChI is InChI=1S/C12H7FN2OS/c13-9-6-8(7-14)3-4-10(9)15-12(16)11-2-1-5-17-11/h1-6H,(H,15,16). The highest BCUT2D eigenvalue weighted by atomic mass is 32.1. The Morgan fingerprint density at radius 3 is 2.82 bits per heavy atom. The molecular formula is C12H7FN2OS. The van der Waals surface area contributed by atoms with E-state index in [1.165, 1.54) is 23.5 Å². The van der Waals surface area contributed by atoms with Gasteiger partial charge in [-0.3, -0.25) is 4.79 Å². The number of carbonyl (C=O) groups is 1. The zero-order valence-electron chi connectivity index (χ0n) is 8.61. The number of carbonyl (C=O) groups excluding carboxylic acids is 1. The summed E-state index contributed by atoms with van der Waals surface area (Å²) in [6.45, 7) is 0. The van der Waals surface area contributed by atoms with E-state index in [9.17, 15) is 9.18 Å². The third kappa shape index (κ3) is 2.49. The first-order valence-electron chi connectivity index (χ1n) is 4.75. The van der Waals surface area contributed by atoms with Crippen molar-refractivity contribution in [1.29, 1.82) is 5.26 Å². The Balaban J connectivity index is 2.20. The maximum Gasteiger partial charge on any atom is 0.265 e. The molecule has 1 aromatic heterocycles. The number of benzene rings is 1. The number of halogens is 1. The molecule has 1 aromatic carbocycles. The Morgan fingerprint density at radius 1 is 1.41 bits per heavy atom. The van der Waals surface area contributed by atoms with Gasteiger partial charge in [-0.05, 0) is 29.6 Å². The summed E-state index contributed by atoms with van der Waals surface area (Å²) in [6.07, 6.45) is 0. The molecular weight excluding hydrogens is 239 g/mol. The van der Waals surface area contributed by atoms with Crippen LogP contribution in [0.5, 0.6) is 0 Å². The third-order valence-electron chi connectivity index (χ3n) is 2.09. The summed E-state index contributed by atoms with van der Waals surface area (Å²) in [7, 11) is 0. The third-order valence-corrected chi connectivity index (χ3v) is 2.96. The first-order chi connectivity index (χ1) is 8.20. The molecule has 0 bridgehead atoms. The maximum absolute atomic E-state index is 13.5. The monoisotopic (exact) mass is 246 g/mol. The molecule has 0 atom stereocenters. The van der Waals surface area contributed by atoms with Gasteiger partial charge in [0, 0.05) is 0 Å².